The fourth-order valence-corrected chi connectivity index (χ4v) is 2.55. The minimum atomic E-state index is -0.805. The molecule has 0 bridgehead atoms. The first kappa shape index (κ1) is 13.5. The zero-order chi connectivity index (χ0) is 12.4. The number of hydrogen-bond acceptors (Lipinski definition) is 2. The summed E-state index contributed by atoms with van der Waals surface area (Å²) >= 11 is 0. The van der Waals surface area contributed by atoms with Crippen molar-refractivity contribution in [1.29, 1.82) is 0 Å². The first-order valence-corrected chi connectivity index (χ1v) is 6.30. The van der Waals surface area contributed by atoms with Crippen molar-refractivity contribution in [2.45, 2.75) is 59.0 Å². The van der Waals surface area contributed by atoms with E-state index in [1.165, 1.54) is 0 Å². The maximum absolute atomic E-state index is 12.4. The molecule has 1 rings (SSSR count). The molecule has 0 heterocycles. The van der Waals surface area contributed by atoms with Gasteiger partial charge in [0, 0.05) is 18.5 Å². The van der Waals surface area contributed by atoms with Gasteiger partial charge in [0.2, 0.25) is 5.91 Å². The van der Waals surface area contributed by atoms with Gasteiger partial charge in [-0.3, -0.25) is 4.79 Å². The van der Waals surface area contributed by atoms with Crippen molar-refractivity contribution >= 4 is 5.91 Å². The largest absolute Gasteiger partial charge is 0.389 e. The highest BCUT2D eigenvalue weighted by Gasteiger charge is 2.39. The van der Waals surface area contributed by atoms with E-state index in [4.69, 9.17) is 0 Å². The van der Waals surface area contributed by atoms with Crippen molar-refractivity contribution in [1.82, 2.24) is 4.90 Å². The summed E-state index contributed by atoms with van der Waals surface area (Å²) in [5.74, 6) is 0.217. The number of amides is 1. The molecule has 1 aliphatic rings. The predicted molar refractivity (Wildman–Crippen MR) is 65.1 cm³/mol. The minimum Gasteiger partial charge on any atom is -0.389 e. The molecule has 1 fully saturated rings. The number of carbonyl (C=O) groups is 1. The van der Waals surface area contributed by atoms with Crippen LogP contribution >= 0.6 is 0 Å². The molecule has 0 radical (unpaired) electrons. The van der Waals surface area contributed by atoms with Crippen molar-refractivity contribution in [2.24, 2.45) is 5.41 Å². The Labute approximate surface area is 98.8 Å². The van der Waals surface area contributed by atoms with Crippen LogP contribution in [0.25, 0.3) is 0 Å². The van der Waals surface area contributed by atoms with Gasteiger partial charge in [-0.2, -0.15) is 0 Å². The Morgan fingerprint density at radius 3 is 2.25 bits per heavy atom. The number of carbonyl (C=O) groups excluding carboxylic acids is 1. The van der Waals surface area contributed by atoms with E-state index in [1.807, 2.05) is 6.92 Å². The standard InChI is InChI=1S/C13H25NO2/c1-5-14(10-12(2,3)16)11(15)13(4)8-6-7-9-13/h16H,5-10H2,1-4H3. The van der Waals surface area contributed by atoms with Crippen LogP contribution in [-0.4, -0.2) is 34.6 Å². The van der Waals surface area contributed by atoms with E-state index in [-0.39, 0.29) is 11.3 Å². The molecule has 94 valence electrons. The highest BCUT2D eigenvalue weighted by atomic mass is 16.3. The van der Waals surface area contributed by atoms with E-state index in [9.17, 15) is 9.90 Å². The lowest BCUT2D eigenvalue weighted by Crippen LogP contribution is -2.47. The Bertz CT molecular complexity index is 249. The molecule has 0 aromatic rings. The molecule has 3 heteroatoms. The summed E-state index contributed by atoms with van der Waals surface area (Å²) in [5, 5.41) is 9.80. The van der Waals surface area contributed by atoms with E-state index < -0.39 is 5.60 Å². The SMILES string of the molecule is CCN(CC(C)(C)O)C(=O)C1(C)CCCC1. The first-order chi connectivity index (χ1) is 7.28. The molecule has 1 aliphatic carbocycles. The number of rotatable bonds is 4. The molecule has 1 amide bonds. The number of hydrogen-bond donors (Lipinski definition) is 1. The molecule has 0 unspecified atom stereocenters. The van der Waals surface area contributed by atoms with Crippen LogP contribution < -0.4 is 0 Å². The molecule has 0 saturated heterocycles. The zero-order valence-electron chi connectivity index (χ0n) is 11.0. The Morgan fingerprint density at radius 2 is 1.88 bits per heavy atom. The third kappa shape index (κ3) is 3.21. The van der Waals surface area contributed by atoms with Gasteiger partial charge in [0.05, 0.1) is 5.60 Å². The van der Waals surface area contributed by atoms with E-state index >= 15 is 0 Å². The van der Waals surface area contributed by atoms with Gasteiger partial charge in [0.25, 0.3) is 0 Å². The highest BCUT2D eigenvalue weighted by Crippen LogP contribution is 2.39. The quantitative estimate of drug-likeness (QED) is 0.799. The van der Waals surface area contributed by atoms with Crippen molar-refractivity contribution < 1.29 is 9.90 Å². The molecule has 3 nitrogen and oxygen atoms in total. The topological polar surface area (TPSA) is 40.5 Å². The van der Waals surface area contributed by atoms with Crippen LogP contribution in [0.1, 0.15) is 53.4 Å². The molecule has 1 N–H and O–H groups in total. The average molecular weight is 227 g/mol. The summed E-state index contributed by atoms with van der Waals surface area (Å²) in [5.41, 5.74) is -0.984. The lowest BCUT2D eigenvalue weighted by molar-refractivity contribution is -0.143. The smallest absolute Gasteiger partial charge is 0.228 e. The van der Waals surface area contributed by atoms with Crippen LogP contribution in [0.5, 0.6) is 0 Å². The average Bonchev–Trinajstić information content (AvgIpc) is 2.60. The second-order valence-corrected chi connectivity index (χ2v) is 5.90. The van der Waals surface area contributed by atoms with E-state index in [2.05, 4.69) is 6.92 Å². The van der Waals surface area contributed by atoms with Gasteiger partial charge in [-0.15, -0.1) is 0 Å². The fraction of sp³-hybridized carbons (Fsp3) is 0.923. The van der Waals surface area contributed by atoms with Gasteiger partial charge in [0.15, 0.2) is 0 Å². The van der Waals surface area contributed by atoms with Gasteiger partial charge in [0.1, 0.15) is 0 Å². The first-order valence-electron chi connectivity index (χ1n) is 6.30. The van der Waals surface area contributed by atoms with Gasteiger partial charge in [-0.25, -0.2) is 0 Å². The van der Waals surface area contributed by atoms with E-state index in [0.717, 1.165) is 25.7 Å². The third-order valence-electron chi connectivity index (χ3n) is 3.47. The van der Waals surface area contributed by atoms with Crippen molar-refractivity contribution in [3.8, 4) is 0 Å². The summed E-state index contributed by atoms with van der Waals surface area (Å²) in [6.07, 6.45) is 4.30. The number of likely N-dealkylation sites (N-methyl/N-ethyl adjacent to an activating group) is 1. The summed E-state index contributed by atoms with van der Waals surface area (Å²) in [7, 11) is 0. The van der Waals surface area contributed by atoms with Crippen LogP contribution in [-0.2, 0) is 4.79 Å². The molecule has 0 aromatic carbocycles. The second-order valence-electron chi connectivity index (χ2n) is 5.90. The molecule has 1 saturated carbocycles. The summed E-state index contributed by atoms with van der Waals surface area (Å²) in [6, 6.07) is 0. The third-order valence-corrected chi connectivity index (χ3v) is 3.47. The predicted octanol–water partition coefficient (Wildman–Crippen LogP) is 2.19. The van der Waals surface area contributed by atoms with Crippen LogP contribution in [0.15, 0.2) is 0 Å². The monoisotopic (exact) mass is 227 g/mol. The number of aliphatic hydroxyl groups is 1. The van der Waals surface area contributed by atoms with Crippen LogP contribution in [0, 0.1) is 5.41 Å². The van der Waals surface area contributed by atoms with Crippen LogP contribution in [0.4, 0.5) is 0 Å². The van der Waals surface area contributed by atoms with Gasteiger partial charge in [-0.1, -0.05) is 19.8 Å². The highest BCUT2D eigenvalue weighted by molar-refractivity contribution is 5.82. The lowest BCUT2D eigenvalue weighted by Gasteiger charge is -2.34. The normalized spacial score (nSPS) is 19.8. The molecular weight excluding hydrogens is 202 g/mol. The van der Waals surface area contributed by atoms with Crippen molar-refractivity contribution in [3.05, 3.63) is 0 Å². The minimum absolute atomic E-state index is 0.179. The maximum atomic E-state index is 12.4. The van der Waals surface area contributed by atoms with Gasteiger partial charge >= 0.3 is 0 Å². The lowest BCUT2D eigenvalue weighted by atomic mass is 9.86. The van der Waals surface area contributed by atoms with Gasteiger partial charge in [-0.05, 0) is 33.6 Å². The Hall–Kier alpha value is -0.570. The number of nitrogens with zero attached hydrogens (tertiary/aromatic N) is 1. The Balaban J connectivity index is 2.69. The fourth-order valence-electron chi connectivity index (χ4n) is 2.55. The zero-order valence-corrected chi connectivity index (χ0v) is 11.0. The Kier molecular flexibility index (Phi) is 4.00. The van der Waals surface area contributed by atoms with Crippen LogP contribution in [0.2, 0.25) is 0 Å². The van der Waals surface area contributed by atoms with Crippen LogP contribution in [0.3, 0.4) is 0 Å². The van der Waals surface area contributed by atoms with Crippen molar-refractivity contribution in [2.75, 3.05) is 13.1 Å². The van der Waals surface area contributed by atoms with Gasteiger partial charge < -0.3 is 10.0 Å². The van der Waals surface area contributed by atoms with E-state index in [0.29, 0.717) is 13.1 Å². The van der Waals surface area contributed by atoms with E-state index in [1.54, 1.807) is 18.7 Å². The molecule has 16 heavy (non-hydrogen) atoms. The molecule has 0 spiro atoms. The Morgan fingerprint density at radius 1 is 1.38 bits per heavy atom. The summed E-state index contributed by atoms with van der Waals surface area (Å²) in [4.78, 5) is 14.2. The molecular formula is C13H25NO2. The molecule has 0 atom stereocenters. The maximum Gasteiger partial charge on any atom is 0.228 e. The molecule has 0 aromatic heterocycles. The summed E-state index contributed by atoms with van der Waals surface area (Å²) in [6.45, 7) is 8.65. The molecule has 0 aliphatic heterocycles. The van der Waals surface area contributed by atoms with Crippen molar-refractivity contribution in [3.63, 3.8) is 0 Å². The second kappa shape index (κ2) is 4.74. The summed E-state index contributed by atoms with van der Waals surface area (Å²) < 4.78 is 0.